The monoisotopic (exact) mass is 222 g/mol. The topological polar surface area (TPSA) is 47.3 Å². The molecule has 0 saturated heterocycles. The molecule has 0 bridgehead atoms. The fourth-order valence-electron chi connectivity index (χ4n) is 1.70. The van der Waals surface area contributed by atoms with Crippen molar-refractivity contribution in [3.05, 3.63) is 29.8 Å². The summed E-state index contributed by atoms with van der Waals surface area (Å²) in [4.78, 5) is 0. The first kappa shape index (κ1) is 13.0. The highest BCUT2D eigenvalue weighted by molar-refractivity contribution is 5.36. The third-order valence-electron chi connectivity index (χ3n) is 2.85. The number of ether oxygens (including phenoxy) is 1. The van der Waals surface area contributed by atoms with Crippen LogP contribution in [0.1, 0.15) is 31.9 Å². The van der Waals surface area contributed by atoms with Crippen LogP contribution in [-0.2, 0) is 0 Å². The van der Waals surface area contributed by atoms with Gasteiger partial charge in [0.1, 0.15) is 5.75 Å². The Morgan fingerprint density at radius 3 is 2.62 bits per heavy atom. The Bertz CT molecular complexity index is 315. The van der Waals surface area contributed by atoms with Gasteiger partial charge in [0.25, 0.3) is 0 Å². The number of nitrogens with one attached hydrogen (secondary N) is 1. The molecular weight excluding hydrogens is 200 g/mol. The second-order valence-electron chi connectivity index (χ2n) is 4.01. The summed E-state index contributed by atoms with van der Waals surface area (Å²) < 4.78 is 5.35. The van der Waals surface area contributed by atoms with Gasteiger partial charge in [0.15, 0.2) is 0 Å². The van der Waals surface area contributed by atoms with Crippen molar-refractivity contribution in [3.63, 3.8) is 0 Å². The zero-order valence-electron chi connectivity index (χ0n) is 10.4. The van der Waals surface area contributed by atoms with Gasteiger partial charge in [-0.3, -0.25) is 0 Å². The molecule has 2 atom stereocenters. The fourth-order valence-corrected chi connectivity index (χ4v) is 1.70. The van der Waals surface area contributed by atoms with E-state index in [0.717, 1.165) is 17.7 Å². The van der Waals surface area contributed by atoms with Gasteiger partial charge < -0.3 is 15.8 Å². The van der Waals surface area contributed by atoms with Crippen LogP contribution in [0.2, 0.25) is 0 Å². The average molecular weight is 222 g/mol. The molecule has 0 amide bonds. The van der Waals surface area contributed by atoms with Crippen molar-refractivity contribution < 1.29 is 4.74 Å². The van der Waals surface area contributed by atoms with Gasteiger partial charge in [-0.15, -0.1) is 0 Å². The van der Waals surface area contributed by atoms with Crippen LogP contribution in [0.15, 0.2) is 24.3 Å². The summed E-state index contributed by atoms with van der Waals surface area (Å²) in [6.07, 6.45) is 1.09. The lowest BCUT2D eigenvalue weighted by atomic mass is 10.0. The van der Waals surface area contributed by atoms with E-state index in [1.54, 1.807) is 7.11 Å². The molecule has 0 saturated carbocycles. The Balaban J connectivity index is 2.85. The molecule has 0 aliphatic carbocycles. The summed E-state index contributed by atoms with van der Waals surface area (Å²) in [6, 6.07) is 8.63. The van der Waals surface area contributed by atoms with E-state index in [1.165, 1.54) is 0 Å². The zero-order valence-corrected chi connectivity index (χ0v) is 10.4. The molecule has 0 aliphatic heterocycles. The molecule has 90 valence electrons. The third-order valence-corrected chi connectivity index (χ3v) is 2.85. The van der Waals surface area contributed by atoms with Crippen LogP contribution < -0.4 is 15.8 Å². The maximum atomic E-state index is 5.81. The number of para-hydroxylation sites is 1. The van der Waals surface area contributed by atoms with Crippen molar-refractivity contribution in [3.8, 4) is 5.75 Å². The number of rotatable bonds is 6. The molecule has 1 rings (SSSR count). The van der Waals surface area contributed by atoms with Gasteiger partial charge in [0.05, 0.1) is 7.11 Å². The van der Waals surface area contributed by atoms with Crippen molar-refractivity contribution in [2.75, 3.05) is 13.7 Å². The molecule has 3 N–H and O–H groups in total. The Hall–Kier alpha value is -1.06. The van der Waals surface area contributed by atoms with E-state index in [4.69, 9.17) is 10.5 Å². The molecule has 0 heterocycles. The Kier molecular flexibility index (Phi) is 5.29. The minimum absolute atomic E-state index is 0.158. The van der Waals surface area contributed by atoms with E-state index >= 15 is 0 Å². The van der Waals surface area contributed by atoms with E-state index in [9.17, 15) is 0 Å². The van der Waals surface area contributed by atoms with Gasteiger partial charge in [-0.1, -0.05) is 25.1 Å². The first-order valence-electron chi connectivity index (χ1n) is 5.81. The lowest BCUT2D eigenvalue weighted by Crippen LogP contribution is -2.34. The summed E-state index contributed by atoms with van der Waals surface area (Å²) in [5, 5.41) is 3.50. The minimum Gasteiger partial charge on any atom is -0.496 e. The molecule has 0 aliphatic rings. The van der Waals surface area contributed by atoms with Crippen LogP contribution in [0.3, 0.4) is 0 Å². The van der Waals surface area contributed by atoms with Crippen LogP contribution in [0.5, 0.6) is 5.75 Å². The second kappa shape index (κ2) is 6.51. The van der Waals surface area contributed by atoms with Crippen molar-refractivity contribution in [1.82, 2.24) is 5.32 Å². The zero-order chi connectivity index (χ0) is 12.0. The van der Waals surface area contributed by atoms with Crippen LogP contribution in [0, 0.1) is 0 Å². The first-order chi connectivity index (χ1) is 7.72. The molecule has 3 nitrogen and oxygen atoms in total. The standard InChI is InChI=1S/C13H22N2O/c1-4-10(2)15-12(9-14)11-7-5-6-8-13(11)16-3/h5-8,10,12,15H,4,9,14H2,1-3H3. The Morgan fingerprint density at radius 1 is 1.38 bits per heavy atom. The van der Waals surface area contributed by atoms with E-state index in [2.05, 4.69) is 25.2 Å². The summed E-state index contributed by atoms with van der Waals surface area (Å²) in [7, 11) is 1.69. The highest BCUT2D eigenvalue weighted by Gasteiger charge is 2.15. The highest BCUT2D eigenvalue weighted by Crippen LogP contribution is 2.24. The lowest BCUT2D eigenvalue weighted by Gasteiger charge is -2.23. The number of nitrogens with two attached hydrogens (primary N) is 1. The molecule has 16 heavy (non-hydrogen) atoms. The van der Waals surface area contributed by atoms with Crippen LogP contribution in [-0.4, -0.2) is 19.7 Å². The van der Waals surface area contributed by atoms with E-state index in [0.29, 0.717) is 12.6 Å². The molecular formula is C13H22N2O. The Morgan fingerprint density at radius 2 is 2.06 bits per heavy atom. The maximum Gasteiger partial charge on any atom is 0.123 e. The number of methoxy groups -OCH3 is 1. The molecule has 0 fully saturated rings. The Labute approximate surface area is 98.0 Å². The maximum absolute atomic E-state index is 5.81. The minimum atomic E-state index is 0.158. The molecule has 3 heteroatoms. The summed E-state index contributed by atoms with van der Waals surface area (Å²) in [5.74, 6) is 0.897. The summed E-state index contributed by atoms with van der Waals surface area (Å²) >= 11 is 0. The van der Waals surface area contributed by atoms with Crippen molar-refractivity contribution in [2.24, 2.45) is 5.73 Å². The average Bonchev–Trinajstić information content (AvgIpc) is 2.35. The SMILES string of the molecule is CCC(C)NC(CN)c1ccccc1OC. The van der Waals surface area contributed by atoms with Gasteiger partial charge >= 0.3 is 0 Å². The smallest absolute Gasteiger partial charge is 0.123 e. The van der Waals surface area contributed by atoms with Gasteiger partial charge in [-0.25, -0.2) is 0 Å². The normalized spacial score (nSPS) is 14.5. The highest BCUT2D eigenvalue weighted by atomic mass is 16.5. The van der Waals surface area contributed by atoms with Crippen molar-refractivity contribution >= 4 is 0 Å². The van der Waals surface area contributed by atoms with Crippen molar-refractivity contribution in [2.45, 2.75) is 32.4 Å². The largest absolute Gasteiger partial charge is 0.496 e. The number of hydrogen-bond donors (Lipinski definition) is 2. The predicted molar refractivity (Wildman–Crippen MR) is 67.7 cm³/mol. The second-order valence-corrected chi connectivity index (χ2v) is 4.01. The fraction of sp³-hybridized carbons (Fsp3) is 0.538. The van der Waals surface area contributed by atoms with Gasteiger partial charge in [0, 0.05) is 24.2 Å². The van der Waals surface area contributed by atoms with E-state index in [-0.39, 0.29) is 6.04 Å². The first-order valence-corrected chi connectivity index (χ1v) is 5.81. The number of benzene rings is 1. The van der Waals surface area contributed by atoms with Gasteiger partial charge in [0.2, 0.25) is 0 Å². The van der Waals surface area contributed by atoms with Gasteiger partial charge in [-0.05, 0) is 19.4 Å². The van der Waals surface area contributed by atoms with Gasteiger partial charge in [-0.2, -0.15) is 0 Å². The van der Waals surface area contributed by atoms with Crippen molar-refractivity contribution in [1.29, 1.82) is 0 Å². The lowest BCUT2D eigenvalue weighted by molar-refractivity contribution is 0.389. The van der Waals surface area contributed by atoms with Crippen LogP contribution in [0.4, 0.5) is 0 Å². The quantitative estimate of drug-likeness (QED) is 0.774. The van der Waals surface area contributed by atoms with E-state index < -0.39 is 0 Å². The van der Waals surface area contributed by atoms with Crippen LogP contribution >= 0.6 is 0 Å². The molecule has 0 aromatic heterocycles. The molecule has 1 aromatic rings. The molecule has 0 spiro atoms. The molecule has 1 aromatic carbocycles. The summed E-state index contributed by atoms with van der Waals surface area (Å²) in [6.45, 7) is 4.90. The third kappa shape index (κ3) is 3.22. The molecule has 2 unspecified atom stereocenters. The van der Waals surface area contributed by atoms with E-state index in [1.807, 2.05) is 18.2 Å². The number of hydrogen-bond acceptors (Lipinski definition) is 3. The van der Waals surface area contributed by atoms with Crippen LogP contribution in [0.25, 0.3) is 0 Å². The summed E-state index contributed by atoms with van der Waals surface area (Å²) in [5.41, 5.74) is 6.95. The predicted octanol–water partition coefficient (Wildman–Crippen LogP) is 2.08. The molecule has 0 radical (unpaired) electrons.